The number of rotatable bonds is 8. The van der Waals surface area contributed by atoms with Crippen LogP contribution in [0, 0.1) is 0 Å². The Bertz CT molecular complexity index is 1230. The highest BCUT2D eigenvalue weighted by molar-refractivity contribution is 7.89. The van der Waals surface area contributed by atoms with Crippen LogP contribution in [0.4, 0.5) is 20.4 Å². The number of hydrogen-bond acceptors (Lipinski definition) is 9. The van der Waals surface area contributed by atoms with Crippen LogP contribution in [-0.2, 0) is 19.5 Å². The lowest BCUT2D eigenvalue weighted by molar-refractivity contribution is 0.110. The summed E-state index contributed by atoms with van der Waals surface area (Å²) in [6, 6.07) is 4.62. The van der Waals surface area contributed by atoms with E-state index in [0.717, 1.165) is 0 Å². The molecule has 1 aliphatic rings. The lowest BCUT2D eigenvalue weighted by Crippen LogP contribution is -2.59. The number of nitrogens with one attached hydrogen (secondary N) is 3. The van der Waals surface area contributed by atoms with Crippen LogP contribution in [0.3, 0.4) is 0 Å². The van der Waals surface area contributed by atoms with E-state index < -0.39 is 27.7 Å². The van der Waals surface area contributed by atoms with Crippen molar-refractivity contribution in [1.82, 2.24) is 15.0 Å². The summed E-state index contributed by atoms with van der Waals surface area (Å²) in [7, 11) is -3.95. The molecule has 2 amide bonds. The maximum atomic E-state index is 13.4. The summed E-state index contributed by atoms with van der Waals surface area (Å²) in [6.45, 7) is 13.4. The molecule has 0 aliphatic carbocycles. The Balaban J connectivity index is 1.83. The number of aromatic nitrogens is 1. The van der Waals surface area contributed by atoms with E-state index in [1.54, 1.807) is 66.8 Å². The summed E-state index contributed by atoms with van der Waals surface area (Å²) < 4.78 is 39.6. The normalized spacial score (nSPS) is 14.5. The fraction of sp³-hybridized carbons (Fsp3) is 0.542. The number of amides is 2. The van der Waals surface area contributed by atoms with Crippen LogP contribution in [0.25, 0.3) is 10.4 Å². The first-order valence-corrected chi connectivity index (χ1v) is 14.3. The standard InChI is InChI=1S/C24H35N5O6S2/c1-14(2)34-22(30)26-16-8-9-18(20(10-16)37(32,33)28-24(5,6)7)19-11-25-21(36-19)29-12-17(13-29)27-23(31)35-15(3)4/h8-11,14-15,17,28H,12-13H2,1-7H3,(H,26,30)(H,27,31). The molecule has 37 heavy (non-hydrogen) atoms. The molecular formula is C24H35N5O6S2. The van der Waals surface area contributed by atoms with Gasteiger partial charge in [0.15, 0.2) is 5.13 Å². The number of carbonyl (C=O) groups is 2. The van der Waals surface area contributed by atoms with Gasteiger partial charge in [-0.05, 0) is 60.6 Å². The molecule has 0 radical (unpaired) electrons. The minimum Gasteiger partial charge on any atom is -0.447 e. The number of sulfonamides is 1. The highest BCUT2D eigenvalue weighted by atomic mass is 32.2. The van der Waals surface area contributed by atoms with E-state index in [-0.39, 0.29) is 23.1 Å². The molecule has 13 heteroatoms. The zero-order valence-electron chi connectivity index (χ0n) is 22.1. The molecule has 0 saturated carbocycles. The van der Waals surface area contributed by atoms with Crippen molar-refractivity contribution in [3.63, 3.8) is 0 Å². The summed E-state index contributed by atoms with van der Waals surface area (Å²) in [4.78, 5) is 31.0. The van der Waals surface area contributed by atoms with E-state index in [1.807, 2.05) is 4.90 Å². The van der Waals surface area contributed by atoms with Crippen LogP contribution < -0.4 is 20.3 Å². The molecule has 0 atom stereocenters. The number of nitrogens with zero attached hydrogens (tertiary/aromatic N) is 2. The van der Waals surface area contributed by atoms with Gasteiger partial charge in [-0.3, -0.25) is 5.32 Å². The van der Waals surface area contributed by atoms with Crippen molar-refractivity contribution in [3.05, 3.63) is 24.4 Å². The van der Waals surface area contributed by atoms with Gasteiger partial charge in [0.05, 0.1) is 28.0 Å². The molecule has 2 heterocycles. The van der Waals surface area contributed by atoms with Crippen molar-refractivity contribution >= 4 is 44.4 Å². The van der Waals surface area contributed by atoms with Gasteiger partial charge < -0.3 is 19.7 Å². The largest absolute Gasteiger partial charge is 0.447 e. The fourth-order valence-electron chi connectivity index (χ4n) is 3.52. The summed E-state index contributed by atoms with van der Waals surface area (Å²) >= 11 is 1.34. The topological polar surface area (TPSA) is 139 Å². The monoisotopic (exact) mass is 553 g/mol. The average Bonchev–Trinajstić information content (AvgIpc) is 3.16. The molecule has 204 valence electrons. The van der Waals surface area contributed by atoms with Crippen molar-refractivity contribution in [2.24, 2.45) is 0 Å². The Kier molecular flexibility index (Phi) is 8.70. The molecular weight excluding hydrogens is 518 g/mol. The Hall–Kier alpha value is -2.90. The van der Waals surface area contributed by atoms with Gasteiger partial charge in [0.2, 0.25) is 10.0 Å². The minimum atomic E-state index is -3.95. The van der Waals surface area contributed by atoms with Crippen LogP contribution in [0.2, 0.25) is 0 Å². The van der Waals surface area contributed by atoms with Crippen LogP contribution in [0.15, 0.2) is 29.3 Å². The number of anilines is 2. The van der Waals surface area contributed by atoms with Gasteiger partial charge in [-0.1, -0.05) is 17.4 Å². The second-order valence-electron chi connectivity index (χ2n) is 10.4. The summed E-state index contributed by atoms with van der Waals surface area (Å²) in [5.41, 5.74) is 0.0306. The fourth-order valence-corrected chi connectivity index (χ4v) is 6.23. The lowest BCUT2D eigenvalue weighted by Gasteiger charge is -2.39. The van der Waals surface area contributed by atoms with Crippen molar-refractivity contribution in [2.45, 2.75) is 77.2 Å². The highest BCUT2D eigenvalue weighted by Crippen LogP contribution is 2.37. The Morgan fingerprint density at radius 1 is 1.08 bits per heavy atom. The van der Waals surface area contributed by atoms with E-state index in [1.165, 1.54) is 17.4 Å². The number of hydrogen-bond donors (Lipinski definition) is 3. The first-order chi connectivity index (χ1) is 17.1. The third-order valence-electron chi connectivity index (χ3n) is 4.88. The lowest BCUT2D eigenvalue weighted by atomic mass is 10.1. The molecule has 1 fully saturated rings. The van der Waals surface area contributed by atoms with Crippen molar-refractivity contribution in [2.75, 3.05) is 23.3 Å². The van der Waals surface area contributed by atoms with Crippen LogP contribution >= 0.6 is 11.3 Å². The van der Waals surface area contributed by atoms with Gasteiger partial charge in [0.25, 0.3) is 0 Å². The predicted molar refractivity (Wildman–Crippen MR) is 144 cm³/mol. The molecule has 1 saturated heterocycles. The Labute approximate surface area is 222 Å². The first-order valence-electron chi connectivity index (χ1n) is 12.0. The molecule has 0 bridgehead atoms. The first kappa shape index (κ1) is 28.7. The van der Waals surface area contributed by atoms with Gasteiger partial charge in [0, 0.05) is 36.1 Å². The molecule has 0 unspecified atom stereocenters. The summed E-state index contributed by atoms with van der Waals surface area (Å²) in [5, 5.41) is 6.10. The van der Waals surface area contributed by atoms with E-state index in [9.17, 15) is 18.0 Å². The Morgan fingerprint density at radius 3 is 2.30 bits per heavy atom. The predicted octanol–water partition coefficient (Wildman–Crippen LogP) is 4.17. The third kappa shape index (κ3) is 8.04. The third-order valence-corrected chi connectivity index (χ3v) is 7.77. The van der Waals surface area contributed by atoms with Crippen LogP contribution in [-0.4, -0.2) is 62.5 Å². The number of carbonyl (C=O) groups excluding carboxylic acids is 2. The summed E-state index contributed by atoms with van der Waals surface area (Å²) in [5.74, 6) is 0. The maximum Gasteiger partial charge on any atom is 0.411 e. The van der Waals surface area contributed by atoms with Crippen molar-refractivity contribution in [3.8, 4) is 10.4 Å². The number of benzene rings is 1. The quantitative estimate of drug-likeness (QED) is 0.443. The molecule has 0 spiro atoms. The number of ether oxygens (including phenoxy) is 2. The SMILES string of the molecule is CC(C)OC(=O)Nc1ccc(-c2cnc(N3CC(NC(=O)OC(C)C)C3)s2)c(S(=O)(=O)NC(C)(C)C)c1. The number of alkyl carbamates (subject to hydrolysis) is 1. The Morgan fingerprint density at radius 2 is 1.70 bits per heavy atom. The van der Waals surface area contributed by atoms with Gasteiger partial charge >= 0.3 is 12.2 Å². The van der Waals surface area contributed by atoms with Crippen LogP contribution in [0.1, 0.15) is 48.5 Å². The minimum absolute atomic E-state index is 0.0135. The second-order valence-corrected chi connectivity index (χ2v) is 13.0. The van der Waals surface area contributed by atoms with Gasteiger partial charge in [0.1, 0.15) is 0 Å². The molecule has 2 aromatic rings. The molecule has 11 nitrogen and oxygen atoms in total. The molecule has 1 aliphatic heterocycles. The molecule has 1 aromatic carbocycles. The van der Waals surface area contributed by atoms with Gasteiger partial charge in [-0.25, -0.2) is 27.7 Å². The van der Waals surface area contributed by atoms with E-state index in [0.29, 0.717) is 34.3 Å². The highest BCUT2D eigenvalue weighted by Gasteiger charge is 2.32. The molecule has 1 aromatic heterocycles. The van der Waals surface area contributed by atoms with E-state index in [2.05, 4.69) is 20.3 Å². The van der Waals surface area contributed by atoms with E-state index in [4.69, 9.17) is 9.47 Å². The van der Waals surface area contributed by atoms with E-state index >= 15 is 0 Å². The molecule has 3 rings (SSSR count). The summed E-state index contributed by atoms with van der Waals surface area (Å²) in [6.07, 6.45) is -0.0182. The second kappa shape index (κ2) is 11.2. The molecule has 3 N–H and O–H groups in total. The van der Waals surface area contributed by atoms with Crippen molar-refractivity contribution in [1.29, 1.82) is 0 Å². The zero-order chi connectivity index (χ0) is 27.5. The van der Waals surface area contributed by atoms with Crippen molar-refractivity contribution < 1.29 is 27.5 Å². The van der Waals surface area contributed by atoms with Gasteiger partial charge in [-0.2, -0.15) is 0 Å². The van der Waals surface area contributed by atoms with Gasteiger partial charge in [-0.15, -0.1) is 0 Å². The number of thiazole rings is 1. The zero-order valence-corrected chi connectivity index (χ0v) is 23.7. The maximum absolute atomic E-state index is 13.4. The smallest absolute Gasteiger partial charge is 0.411 e. The van der Waals surface area contributed by atoms with Crippen LogP contribution in [0.5, 0.6) is 0 Å². The average molecular weight is 554 g/mol.